The Hall–Kier alpha value is -2.37. The van der Waals surface area contributed by atoms with E-state index in [0.29, 0.717) is 28.6 Å². The molecule has 0 unspecified atom stereocenters. The summed E-state index contributed by atoms with van der Waals surface area (Å²) in [7, 11) is 0. The van der Waals surface area contributed by atoms with Crippen LogP contribution in [0.25, 0.3) is 0 Å². The molecule has 0 aliphatic heterocycles. The van der Waals surface area contributed by atoms with Crippen molar-refractivity contribution < 1.29 is 4.79 Å². The van der Waals surface area contributed by atoms with E-state index in [1.165, 1.54) is 0 Å². The Labute approximate surface area is 155 Å². The van der Waals surface area contributed by atoms with Crippen LogP contribution in [-0.4, -0.2) is 20.7 Å². The highest BCUT2D eigenvalue weighted by Crippen LogP contribution is 2.24. The number of aromatic nitrogens is 3. The lowest BCUT2D eigenvalue weighted by Crippen LogP contribution is -2.14. The van der Waals surface area contributed by atoms with Crippen molar-refractivity contribution in [3.8, 4) is 0 Å². The number of pyridine rings is 1. The fourth-order valence-electron chi connectivity index (χ4n) is 2.50. The van der Waals surface area contributed by atoms with Crippen LogP contribution in [0.5, 0.6) is 0 Å². The van der Waals surface area contributed by atoms with Gasteiger partial charge in [0.05, 0.1) is 17.8 Å². The van der Waals surface area contributed by atoms with Crippen molar-refractivity contribution in [1.82, 2.24) is 14.8 Å². The number of amides is 1. The maximum absolute atomic E-state index is 12.6. The maximum Gasteiger partial charge on any atom is 0.261 e. The zero-order valence-electron chi connectivity index (χ0n) is 13.8. The minimum absolute atomic E-state index is 0.266. The normalized spacial score (nSPS) is 10.7. The second-order valence-corrected chi connectivity index (χ2v) is 6.38. The van der Waals surface area contributed by atoms with Gasteiger partial charge in [0.1, 0.15) is 11.0 Å². The van der Waals surface area contributed by atoms with Gasteiger partial charge in [-0.1, -0.05) is 47.5 Å². The van der Waals surface area contributed by atoms with E-state index in [2.05, 4.69) is 15.4 Å². The predicted octanol–water partition coefficient (Wildman–Crippen LogP) is 4.50. The number of rotatable bonds is 4. The van der Waals surface area contributed by atoms with Gasteiger partial charge in [-0.25, -0.2) is 9.67 Å². The van der Waals surface area contributed by atoms with Crippen molar-refractivity contribution in [2.24, 2.45) is 0 Å². The standard InChI is InChI=1S/C18H16Cl2N4O/c1-11-6-5-9-15(21-11)22-18(25)16-12(2)23-24(17(16)20)10-13-7-3-4-8-14(13)19/h3-9H,10H2,1-2H3,(H,21,22,25). The van der Waals surface area contributed by atoms with Crippen LogP contribution in [0.4, 0.5) is 5.82 Å². The molecule has 0 bridgehead atoms. The van der Waals surface area contributed by atoms with Gasteiger partial charge in [0.15, 0.2) is 0 Å². The molecule has 5 nitrogen and oxygen atoms in total. The molecule has 0 radical (unpaired) electrons. The lowest BCUT2D eigenvalue weighted by atomic mass is 10.2. The number of aryl methyl sites for hydroxylation is 2. The molecule has 25 heavy (non-hydrogen) atoms. The van der Waals surface area contributed by atoms with Crippen LogP contribution >= 0.6 is 23.2 Å². The molecular formula is C18H16Cl2N4O. The molecular weight excluding hydrogens is 359 g/mol. The summed E-state index contributed by atoms with van der Waals surface area (Å²) in [5, 5.41) is 8.02. The van der Waals surface area contributed by atoms with E-state index in [9.17, 15) is 4.79 Å². The van der Waals surface area contributed by atoms with E-state index in [1.807, 2.05) is 37.3 Å². The van der Waals surface area contributed by atoms with E-state index >= 15 is 0 Å². The topological polar surface area (TPSA) is 59.8 Å². The number of hydrogen-bond donors (Lipinski definition) is 1. The summed E-state index contributed by atoms with van der Waals surface area (Å²) < 4.78 is 1.57. The van der Waals surface area contributed by atoms with Crippen molar-refractivity contribution in [1.29, 1.82) is 0 Å². The Morgan fingerprint density at radius 2 is 1.88 bits per heavy atom. The highest BCUT2D eigenvalue weighted by molar-refractivity contribution is 6.33. The number of halogens is 2. The van der Waals surface area contributed by atoms with E-state index in [-0.39, 0.29) is 11.1 Å². The monoisotopic (exact) mass is 374 g/mol. The average Bonchev–Trinajstić information content (AvgIpc) is 2.83. The van der Waals surface area contributed by atoms with Crippen molar-refractivity contribution >= 4 is 34.9 Å². The third kappa shape index (κ3) is 3.83. The Balaban J connectivity index is 1.86. The number of hydrogen-bond acceptors (Lipinski definition) is 3. The number of nitrogens with zero attached hydrogens (tertiary/aromatic N) is 3. The molecule has 0 saturated heterocycles. The summed E-state index contributed by atoms with van der Waals surface area (Å²) in [4.78, 5) is 16.8. The van der Waals surface area contributed by atoms with Gasteiger partial charge in [-0.05, 0) is 37.6 Å². The van der Waals surface area contributed by atoms with Crippen LogP contribution in [0.1, 0.15) is 27.3 Å². The van der Waals surface area contributed by atoms with Crippen LogP contribution < -0.4 is 5.32 Å². The summed E-state index contributed by atoms with van der Waals surface area (Å²) in [6.45, 7) is 3.98. The Bertz CT molecular complexity index is 937. The summed E-state index contributed by atoms with van der Waals surface area (Å²) in [5.74, 6) is 0.130. The number of benzene rings is 1. The van der Waals surface area contributed by atoms with E-state index in [0.717, 1.165) is 11.3 Å². The summed E-state index contributed by atoms with van der Waals surface area (Å²) >= 11 is 12.6. The van der Waals surface area contributed by atoms with Crippen molar-refractivity contribution in [3.63, 3.8) is 0 Å². The lowest BCUT2D eigenvalue weighted by Gasteiger charge is -2.07. The largest absolute Gasteiger partial charge is 0.306 e. The third-order valence-electron chi connectivity index (χ3n) is 3.70. The maximum atomic E-state index is 12.6. The minimum Gasteiger partial charge on any atom is -0.306 e. The molecule has 1 aromatic carbocycles. The van der Waals surface area contributed by atoms with E-state index in [1.54, 1.807) is 23.7 Å². The summed E-state index contributed by atoms with van der Waals surface area (Å²) in [6.07, 6.45) is 0. The first-order chi connectivity index (χ1) is 12.0. The summed E-state index contributed by atoms with van der Waals surface area (Å²) in [6, 6.07) is 12.9. The quantitative estimate of drug-likeness (QED) is 0.730. The van der Waals surface area contributed by atoms with Gasteiger partial charge in [0, 0.05) is 10.7 Å². The van der Waals surface area contributed by atoms with E-state index in [4.69, 9.17) is 23.2 Å². The molecule has 3 aromatic rings. The SMILES string of the molecule is Cc1cccc(NC(=O)c2c(C)nn(Cc3ccccc3Cl)c2Cl)n1. The van der Waals surface area contributed by atoms with E-state index < -0.39 is 0 Å². The fourth-order valence-corrected chi connectivity index (χ4v) is 3.01. The molecule has 0 saturated carbocycles. The van der Waals surface area contributed by atoms with Crippen molar-refractivity contribution in [3.05, 3.63) is 75.2 Å². The second-order valence-electron chi connectivity index (χ2n) is 5.62. The zero-order valence-corrected chi connectivity index (χ0v) is 15.3. The first kappa shape index (κ1) is 17.5. The van der Waals surface area contributed by atoms with Gasteiger partial charge in [-0.2, -0.15) is 5.10 Å². The van der Waals surface area contributed by atoms with Crippen LogP contribution in [0.2, 0.25) is 10.2 Å². The van der Waals surface area contributed by atoms with Crippen LogP contribution in [0, 0.1) is 13.8 Å². The molecule has 0 aliphatic carbocycles. The molecule has 1 amide bonds. The van der Waals surface area contributed by atoms with Crippen LogP contribution in [0.3, 0.4) is 0 Å². The molecule has 2 aromatic heterocycles. The molecule has 1 N–H and O–H groups in total. The van der Waals surface area contributed by atoms with Gasteiger partial charge in [-0.15, -0.1) is 0 Å². The molecule has 0 atom stereocenters. The van der Waals surface area contributed by atoms with Gasteiger partial charge in [0.25, 0.3) is 5.91 Å². The number of carbonyl (C=O) groups is 1. The smallest absolute Gasteiger partial charge is 0.261 e. The van der Waals surface area contributed by atoms with Gasteiger partial charge < -0.3 is 5.32 Å². The zero-order chi connectivity index (χ0) is 18.0. The fraction of sp³-hybridized carbons (Fsp3) is 0.167. The molecule has 0 fully saturated rings. The highest BCUT2D eigenvalue weighted by atomic mass is 35.5. The number of anilines is 1. The third-order valence-corrected chi connectivity index (χ3v) is 4.45. The van der Waals surface area contributed by atoms with Crippen LogP contribution in [0.15, 0.2) is 42.5 Å². The molecule has 128 valence electrons. The molecule has 3 rings (SSSR count). The Morgan fingerprint density at radius 1 is 1.12 bits per heavy atom. The predicted molar refractivity (Wildman–Crippen MR) is 99.5 cm³/mol. The lowest BCUT2D eigenvalue weighted by molar-refractivity contribution is 0.102. The second kappa shape index (κ2) is 7.25. The average molecular weight is 375 g/mol. The molecule has 7 heteroatoms. The van der Waals surface area contributed by atoms with Crippen LogP contribution in [-0.2, 0) is 6.54 Å². The Kier molecular flexibility index (Phi) is 5.06. The first-order valence-corrected chi connectivity index (χ1v) is 8.42. The number of carbonyl (C=O) groups excluding carboxylic acids is 1. The van der Waals surface area contributed by atoms with Gasteiger partial charge >= 0.3 is 0 Å². The summed E-state index contributed by atoms with van der Waals surface area (Å²) in [5.41, 5.74) is 2.56. The van der Waals surface area contributed by atoms with Crippen molar-refractivity contribution in [2.75, 3.05) is 5.32 Å². The number of nitrogens with one attached hydrogen (secondary N) is 1. The van der Waals surface area contributed by atoms with Gasteiger partial charge in [0.2, 0.25) is 0 Å². The highest BCUT2D eigenvalue weighted by Gasteiger charge is 2.21. The van der Waals surface area contributed by atoms with Gasteiger partial charge in [-0.3, -0.25) is 4.79 Å². The molecule has 0 aliphatic rings. The molecule has 2 heterocycles. The minimum atomic E-state index is -0.342. The first-order valence-electron chi connectivity index (χ1n) is 7.67. The Morgan fingerprint density at radius 3 is 2.60 bits per heavy atom. The molecule has 0 spiro atoms. The van der Waals surface area contributed by atoms with Crippen molar-refractivity contribution in [2.45, 2.75) is 20.4 Å².